The number of benzene rings is 1. The van der Waals surface area contributed by atoms with Gasteiger partial charge in [-0.3, -0.25) is 19.2 Å². The zero-order valence-electron chi connectivity index (χ0n) is 13.5. The van der Waals surface area contributed by atoms with Crippen molar-refractivity contribution in [1.82, 2.24) is 25.7 Å². The highest BCUT2D eigenvalue weighted by molar-refractivity contribution is 5.86. The molecule has 0 saturated heterocycles. The number of nitrogens with one attached hydrogen (secondary N) is 3. The number of carbonyl (C=O) groups is 2. The van der Waals surface area contributed by atoms with Gasteiger partial charge in [-0.2, -0.15) is 15.4 Å². The number of aromatic amines is 2. The number of hydrogen-bond acceptors (Lipinski definition) is 6. The third-order valence-corrected chi connectivity index (χ3v) is 3.84. The molecule has 2 aromatic heterocycles. The zero-order chi connectivity index (χ0) is 18.7. The first-order chi connectivity index (χ1) is 12.5. The van der Waals surface area contributed by atoms with Crippen LogP contribution in [-0.4, -0.2) is 37.4 Å². The predicted molar refractivity (Wildman–Crippen MR) is 91.6 cm³/mol. The third-order valence-electron chi connectivity index (χ3n) is 3.84. The van der Waals surface area contributed by atoms with E-state index in [1.807, 2.05) is 0 Å². The lowest BCUT2D eigenvalue weighted by Crippen LogP contribution is -2.22. The van der Waals surface area contributed by atoms with Gasteiger partial charge in [0.1, 0.15) is 0 Å². The average Bonchev–Trinajstić information content (AvgIpc) is 3.06. The minimum atomic E-state index is -0.946. The molecular formula is C16H15N5O5. The zero-order valence-corrected chi connectivity index (χ0v) is 13.5. The molecule has 0 aliphatic heterocycles. The summed E-state index contributed by atoms with van der Waals surface area (Å²) in [6.07, 6.45) is 0.302. The summed E-state index contributed by atoms with van der Waals surface area (Å²) < 4.78 is 0. The van der Waals surface area contributed by atoms with Gasteiger partial charge in [-0.05, 0) is 24.1 Å². The van der Waals surface area contributed by atoms with Crippen molar-refractivity contribution in [3.8, 4) is 0 Å². The van der Waals surface area contributed by atoms with Crippen molar-refractivity contribution in [2.75, 3.05) is 0 Å². The number of carboxylic acid groups (broad SMARTS) is 1. The fourth-order valence-electron chi connectivity index (χ4n) is 2.55. The molecule has 0 fully saturated rings. The van der Waals surface area contributed by atoms with Gasteiger partial charge in [-0.25, -0.2) is 0 Å². The SMILES string of the molecule is O=C(O)CCCC(=O)NCc1ccc2c(=O)c3n[nH]nc3c(=O)[nH]c2c1. The van der Waals surface area contributed by atoms with Crippen molar-refractivity contribution < 1.29 is 14.7 Å². The topological polar surface area (TPSA) is 158 Å². The van der Waals surface area contributed by atoms with E-state index in [1.165, 1.54) is 0 Å². The highest BCUT2D eigenvalue weighted by atomic mass is 16.4. The molecular weight excluding hydrogens is 342 g/mol. The Labute approximate surface area is 145 Å². The van der Waals surface area contributed by atoms with Crippen molar-refractivity contribution in [3.05, 3.63) is 44.3 Å². The number of carbonyl (C=O) groups excluding carboxylic acids is 1. The Bertz CT molecular complexity index is 1120. The molecule has 1 aromatic carbocycles. The molecule has 0 saturated carbocycles. The first-order valence-corrected chi connectivity index (χ1v) is 7.84. The van der Waals surface area contributed by atoms with E-state index in [9.17, 15) is 19.2 Å². The number of amides is 1. The standard InChI is InChI=1S/C16H15N5O5/c22-11(2-1-3-12(23)24)17-7-8-4-5-9-10(6-8)18-16(26)14-13(15(9)25)19-21-20-14/h4-6H,1-3,7H2,(H,17,22)(H,18,26)(H,23,24)(H,19,20,21). The number of fused-ring (bicyclic) bond motifs is 2. The lowest BCUT2D eigenvalue weighted by Gasteiger charge is -2.05. The van der Waals surface area contributed by atoms with Crippen LogP contribution in [0.25, 0.3) is 21.9 Å². The lowest BCUT2D eigenvalue weighted by atomic mass is 10.1. The minimum Gasteiger partial charge on any atom is -0.481 e. The molecule has 10 heteroatoms. The molecule has 26 heavy (non-hydrogen) atoms. The summed E-state index contributed by atoms with van der Waals surface area (Å²) in [6, 6.07) is 4.80. The second-order valence-corrected chi connectivity index (χ2v) is 5.71. The Morgan fingerprint density at radius 1 is 1.12 bits per heavy atom. The number of nitrogens with zero attached hydrogens (tertiary/aromatic N) is 2. The van der Waals surface area contributed by atoms with Gasteiger partial charge in [0.15, 0.2) is 11.0 Å². The quantitative estimate of drug-likeness (QED) is 0.484. The van der Waals surface area contributed by atoms with Gasteiger partial charge >= 0.3 is 5.97 Å². The van der Waals surface area contributed by atoms with Crippen LogP contribution in [0, 0.1) is 0 Å². The monoisotopic (exact) mass is 357 g/mol. The molecule has 1 amide bonds. The third kappa shape index (κ3) is 3.58. The normalized spacial score (nSPS) is 10.9. The predicted octanol–water partition coefficient (Wildman–Crippen LogP) is 0.0307. The molecule has 0 aliphatic rings. The highest BCUT2D eigenvalue weighted by Crippen LogP contribution is 2.11. The molecule has 2 heterocycles. The second kappa shape index (κ2) is 7.13. The lowest BCUT2D eigenvalue weighted by molar-refractivity contribution is -0.137. The minimum absolute atomic E-state index is 0.0410. The van der Waals surface area contributed by atoms with Crippen LogP contribution in [0.5, 0.6) is 0 Å². The Kier molecular flexibility index (Phi) is 4.74. The van der Waals surface area contributed by atoms with Gasteiger partial charge in [0.2, 0.25) is 11.3 Å². The molecule has 134 valence electrons. The summed E-state index contributed by atoms with van der Waals surface area (Å²) in [4.78, 5) is 49.3. The molecule has 4 N–H and O–H groups in total. The summed E-state index contributed by atoms with van der Waals surface area (Å²) in [5, 5.41) is 21.2. The van der Waals surface area contributed by atoms with Crippen LogP contribution in [0.4, 0.5) is 0 Å². The smallest absolute Gasteiger partial charge is 0.303 e. The molecule has 0 aliphatic carbocycles. The van der Waals surface area contributed by atoms with E-state index in [0.717, 1.165) is 0 Å². The van der Waals surface area contributed by atoms with E-state index in [4.69, 9.17) is 5.11 Å². The number of H-pyrrole nitrogens is 2. The second-order valence-electron chi connectivity index (χ2n) is 5.71. The maximum atomic E-state index is 12.5. The number of aliphatic carboxylic acids is 1. The number of aromatic nitrogens is 4. The van der Waals surface area contributed by atoms with Crippen LogP contribution in [0.3, 0.4) is 0 Å². The molecule has 0 unspecified atom stereocenters. The van der Waals surface area contributed by atoms with Crippen LogP contribution in [0.2, 0.25) is 0 Å². The molecule has 3 aromatic rings. The molecule has 0 bridgehead atoms. The molecule has 3 rings (SSSR count). The summed E-state index contributed by atoms with van der Waals surface area (Å²) in [6.45, 7) is 0.187. The number of hydrogen-bond donors (Lipinski definition) is 4. The molecule has 0 spiro atoms. The van der Waals surface area contributed by atoms with Gasteiger partial charge in [-0.1, -0.05) is 6.07 Å². The van der Waals surface area contributed by atoms with Crippen molar-refractivity contribution in [2.24, 2.45) is 0 Å². The van der Waals surface area contributed by atoms with Gasteiger partial charge in [0.05, 0.1) is 5.52 Å². The van der Waals surface area contributed by atoms with Gasteiger partial charge < -0.3 is 15.4 Å². The van der Waals surface area contributed by atoms with Crippen molar-refractivity contribution in [1.29, 1.82) is 0 Å². The van der Waals surface area contributed by atoms with E-state index < -0.39 is 17.0 Å². The van der Waals surface area contributed by atoms with Crippen molar-refractivity contribution in [3.63, 3.8) is 0 Å². The van der Waals surface area contributed by atoms with Gasteiger partial charge in [0, 0.05) is 24.8 Å². The van der Waals surface area contributed by atoms with Crippen molar-refractivity contribution in [2.45, 2.75) is 25.8 Å². The van der Waals surface area contributed by atoms with Crippen LogP contribution in [0.15, 0.2) is 27.8 Å². The number of carboxylic acids is 1. The molecule has 10 nitrogen and oxygen atoms in total. The Morgan fingerprint density at radius 3 is 2.65 bits per heavy atom. The van der Waals surface area contributed by atoms with Gasteiger partial charge in [0.25, 0.3) is 5.56 Å². The number of rotatable bonds is 6. The maximum absolute atomic E-state index is 12.5. The molecule has 0 radical (unpaired) electrons. The van der Waals surface area contributed by atoms with Crippen molar-refractivity contribution >= 4 is 33.8 Å². The first-order valence-electron chi connectivity index (χ1n) is 7.84. The Hall–Kier alpha value is -3.56. The van der Waals surface area contributed by atoms with Crippen LogP contribution in [0.1, 0.15) is 24.8 Å². The van der Waals surface area contributed by atoms with E-state index in [2.05, 4.69) is 25.7 Å². The Morgan fingerprint density at radius 2 is 1.88 bits per heavy atom. The van der Waals surface area contributed by atoms with E-state index in [1.54, 1.807) is 18.2 Å². The van der Waals surface area contributed by atoms with E-state index >= 15 is 0 Å². The summed E-state index contributed by atoms with van der Waals surface area (Å²) >= 11 is 0. The van der Waals surface area contributed by atoms with E-state index in [-0.39, 0.29) is 48.1 Å². The largest absolute Gasteiger partial charge is 0.481 e. The molecule has 0 atom stereocenters. The summed E-state index contributed by atoms with van der Waals surface area (Å²) in [7, 11) is 0. The first kappa shape index (κ1) is 17.3. The fourth-order valence-corrected chi connectivity index (χ4v) is 2.55. The summed E-state index contributed by atoms with van der Waals surface area (Å²) in [5.74, 6) is -1.22. The summed E-state index contributed by atoms with van der Waals surface area (Å²) in [5.41, 5.74) is -0.0859. The van der Waals surface area contributed by atoms with E-state index in [0.29, 0.717) is 11.1 Å². The fraction of sp³-hybridized carbons (Fsp3) is 0.250. The highest BCUT2D eigenvalue weighted by Gasteiger charge is 2.10. The maximum Gasteiger partial charge on any atom is 0.303 e. The average molecular weight is 357 g/mol. The Balaban J connectivity index is 1.82. The van der Waals surface area contributed by atoms with Crippen LogP contribution >= 0.6 is 0 Å². The van der Waals surface area contributed by atoms with Crippen LogP contribution < -0.4 is 16.3 Å². The van der Waals surface area contributed by atoms with Gasteiger partial charge in [-0.15, -0.1) is 0 Å². The van der Waals surface area contributed by atoms with Crippen LogP contribution in [-0.2, 0) is 16.1 Å².